The third kappa shape index (κ3) is 3.12. The Labute approximate surface area is 112 Å². The molecule has 19 heavy (non-hydrogen) atoms. The van der Waals surface area contributed by atoms with Crippen LogP contribution in [0.2, 0.25) is 0 Å². The number of rotatable bonds is 3. The highest BCUT2D eigenvalue weighted by Gasteiger charge is 2.35. The molecule has 2 rings (SSSR count). The summed E-state index contributed by atoms with van der Waals surface area (Å²) < 4.78 is 37.6. The van der Waals surface area contributed by atoms with E-state index in [0.29, 0.717) is 16.2 Å². The zero-order valence-corrected chi connectivity index (χ0v) is 10.8. The Morgan fingerprint density at radius 1 is 1.37 bits per heavy atom. The minimum Gasteiger partial charge on any atom is -0.271 e. The number of halogens is 3. The number of nitrogens with one attached hydrogen (secondary N) is 1. The van der Waals surface area contributed by atoms with E-state index in [4.69, 9.17) is 5.84 Å². The maximum Gasteiger partial charge on any atom is 0.443 e. The lowest BCUT2D eigenvalue weighted by molar-refractivity contribution is -0.137. The van der Waals surface area contributed by atoms with E-state index in [1.54, 1.807) is 0 Å². The van der Waals surface area contributed by atoms with Gasteiger partial charge < -0.3 is 0 Å². The van der Waals surface area contributed by atoms with Crippen LogP contribution in [0.1, 0.15) is 27.1 Å². The fraction of sp³-hybridized carbons (Fsp3) is 0.250. The lowest BCUT2D eigenvalue weighted by atomic mass is 10.0. The molecular weight excluding hydrogens is 275 g/mol. The van der Waals surface area contributed by atoms with Crippen LogP contribution in [0.25, 0.3) is 0 Å². The second-order valence-electron chi connectivity index (χ2n) is 4.08. The number of nitrogens with two attached hydrogens (primary N) is 1. The summed E-state index contributed by atoms with van der Waals surface area (Å²) in [5.41, 5.74) is 4.35. The Balaban J connectivity index is 2.35. The van der Waals surface area contributed by atoms with Crippen molar-refractivity contribution in [1.82, 2.24) is 10.4 Å². The number of alkyl halides is 3. The minimum atomic E-state index is -4.42. The van der Waals surface area contributed by atoms with Gasteiger partial charge in [-0.1, -0.05) is 29.8 Å². The van der Waals surface area contributed by atoms with Gasteiger partial charge in [0.25, 0.3) is 0 Å². The number of benzene rings is 1. The molecule has 7 heteroatoms. The molecule has 0 bridgehead atoms. The van der Waals surface area contributed by atoms with Crippen LogP contribution in [0.5, 0.6) is 0 Å². The second kappa shape index (κ2) is 5.28. The first-order valence-corrected chi connectivity index (χ1v) is 6.29. The Bertz CT molecular complexity index is 565. The number of nitrogens with zero attached hydrogens (tertiary/aromatic N) is 1. The fourth-order valence-corrected chi connectivity index (χ4v) is 2.62. The lowest BCUT2D eigenvalue weighted by Gasteiger charge is -2.14. The van der Waals surface area contributed by atoms with Crippen LogP contribution in [0.15, 0.2) is 30.5 Å². The Morgan fingerprint density at radius 3 is 2.63 bits per heavy atom. The van der Waals surface area contributed by atoms with Crippen molar-refractivity contribution in [3.63, 3.8) is 0 Å². The van der Waals surface area contributed by atoms with Crippen molar-refractivity contribution in [2.24, 2.45) is 5.84 Å². The van der Waals surface area contributed by atoms with Crippen LogP contribution in [0, 0.1) is 6.92 Å². The predicted octanol–water partition coefficient (Wildman–Crippen LogP) is 3.02. The van der Waals surface area contributed by atoms with Crippen LogP contribution in [0.4, 0.5) is 13.2 Å². The molecule has 0 spiro atoms. The molecule has 0 amide bonds. The molecule has 1 aromatic heterocycles. The van der Waals surface area contributed by atoms with Crippen LogP contribution < -0.4 is 11.3 Å². The fourth-order valence-electron chi connectivity index (χ4n) is 1.74. The van der Waals surface area contributed by atoms with E-state index in [9.17, 15) is 13.2 Å². The molecule has 0 radical (unpaired) electrons. The standard InChI is InChI=1S/C12H12F3N3S/c1-7-3-2-4-8(5-7)10(18-16)9-6-17-11(19-9)12(13,14)15/h2-6,10,18H,16H2,1H3. The summed E-state index contributed by atoms with van der Waals surface area (Å²) in [6, 6.07) is 6.93. The quantitative estimate of drug-likeness (QED) is 0.674. The summed E-state index contributed by atoms with van der Waals surface area (Å²) in [7, 11) is 0. The number of aromatic nitrogens is 1. The number of hydrogen-bond donors (Lipinski definition) is 2. The van der Waals surface area contributed by atoms with Gasteiger partial charge in [0.15, 0.2) is 5.01 Å². The molecule has 0 saturated carbocycles. The monoisotopic (exact) mass is 287 g/mol. The van der Waals surface area contributed by atoms with Crippen LogP contribution in [0.3, 0.4) is 0 Å². The Hall–Kier alpha value is -1.44. The van der Waals surface area contributed by atoms with Gasteiger partial charge in [-0.15, -0.1) is 11.3 Å². The van der Waals surface area contributed by atoms with Crippen molar-refractivity contribution in [3.8, 4) is 0 Å². The summed E-state index contributed by atoms with van der Waals surface area (Å²) >= 11 is 0.595. The maximum absolute atomic E-state index is 12.5. The molecule has 0 saturated heterocycles. The van der Waals surface area contributed by atoms with Gasteiger partial charge in [-0.25, -0.2) is 10.4 Å². The smallest absolute Gasteiger partial charge is 0.271 e. The van der Waals surface area contributed by atoms with E-state index in [0.717, 1.165) is 11.1 Å². The molecule has 1 heterocycles. The first kappa shape index (κ1) is 14.0. The lowest BCUT2D eigenvalue weighted by Crippen LogP contribution is -2.28. The van der Waals surface area contributed by atoms with E-state index in [1.807, 2.05) is 31.2 Å². The van der Waals surface area contributed by atoms with Gasteiger partial charge in [0.05, 0.1) is 6.04 Å². The molecule has 0 aliphatic heterocycles. The van der Waals surface area contributed by atoms with Crippen LogP contribution in [-0.4, -0.2) is 4.98 Å². The molecule has 3 nitrogen and oxygen atoms in total. The molecule has 0 aliphatic carbocycles. The van der Waals surface area contributed by atoms with Gasteiger partial charge in [-0.2, -0.15) is 13.2 Å². The first-order chi connectivity index (χ1) is 8.91. The molecule has 3 N–H and O–H groups in total. The highest BCUT2D eigenvalue weighted by molar-refractivity contribution is 7.11. The zero-order chi connectivity index (χ0) is 14.0. The average Bonchev–Trinajstić information content (AvgIpc) is 2.79. The van der Waals surface area contributed by atoms with Gasteiger partial charge in [0.2, 0.25) is 0 Å². The summed E-state index contributed by atoms with van der Waals surface area (Å²) in [5.74, 6) is 5.45. The van der Waals surface area contributed by atoms with E-state index in [2.05, 4.69) is 10.4 Å². The molecule has 1 unspecified atom stereocenters. The SMILES string of the molecule is Cc1cccc(C(NN)c2cnc(C(F)(F)F)s2)c1. The first-order valence-electron chi connectivity index (χ1n) is 5.47. The van der Waals surface area contributed by atoms with Gasteiger partial charge in [0, 0.05) is 11.1 Å². The normalized spacial score (nSPS) is 13.5. The van der Waals surface area contributed by atoms with Crippen molar-refractivity contribution < 1.29 is 13.2 Å². The Morgan fingerprint density at radius 2 is 2.11 bits per heavy atom. The summed E-state index contributed by atoms with van der Waals surface area (Å²) in [4.78, 5) is 3.83. The van der Waals surface area contributed by atoms with E-state index < -0.39 is 17.2 Å². The molecule has 1 aromatic carbocycles. The van der Waals surface area contributed by atoms with Gasteiger partial charge in [-0.3, -0.25) is 5.84 Å². The number of thiazole rings is 1. The van der Waals surface area contributed by atoms with Crippen LogP contribution in [-0.2, 0) is 6.18 Å². The van der Waals surface area contributed by atoms with Gasteiger partial charge >= 0.3 is 6.18 Å². The highest BCUT2D eigenvalue weighted by atomic mass is 32.1. The van der Waals surface area contributed by atoms with Gasteiger partial charge in [-0.05, 0) is 12.5 Å². The summed E-state index contributed by atoms with van der Waals surface area (Å²) in [6.45, 7) is 1.91. The topological polar surface area (TPSA) is 50.9 Å². The van der Waals surface area contributed by atoms with E-state index in [1.165, 1.54) is 6.20 Å². The summed E-state index contributed by atoms with van der Waals surface area (Å²) in [5, 5.41) is -0.865. The Kier molecular flexibility index (Phi) is 3.88. The number of hydrogen-bond acceptors (Lipinski definition) is 4. The third-order valence-electron chi connectivity index (χ3n) is 2.59. The maximum atomic E-state index is 12.5. The zero-order valence-electron chi connectivity index (χ0n) is 10.0. The van der Waals surface area contributed by atoms with Crippen molar-refractivity contribution in [2.45, 2.75) is 19.1 Å². The average molecular weight is 287 g/mol. The van der Waals surface area contributed by atoms with E-state index >= 15 is 0 Å². The molecule has 1 atom stereocenters. The largest absolute Gasteiger partial charge is 0.443 e. The molecule has 0 fully saturated rings. The molecular formula is C12H12F3N3S. The molecule has 102 valence electrons. The number of aryl methyl sites for hydroxylation is 1. The van der Waals surface area contributed by atoms with Crippen LogP contribution >= 0.6 is 11.3 Å². The van der Waals surface area contributed by atoms with Crippen molar-refractivity contribution in [2.75, 3.05) is 0 Å². The predicted molar refractivity (Wildman–Crippen MR) is 67.5 cm³/mol. The molecule has 2 aromatic rings. The van der Waals surface area contributed by atoms with Gasteiger partial charge in [0.1, 0.15) is 0 Å². The molecule has 0 aliphatic rings. The van der Waals surface area contributed by atoms with Crippen molar-refractivity contribution in [3.05, 3.63) is 51.5 Å². The second-order valence-corrected chi connectivity index (χ2v) is 5.14. The van der Waals surface area contributed by atoms with Crippen molar-refractivity contribution >= 4 is 11.3 Å². The van der Waals surface area contributed by atoms with Crippen molar-refractivity contribution in [1.29, 1.82) is 0 Å². The number of hydrazine groups is 1. The minimum absolute atomic E-state index is 0.431. The van der Waals surface area contributed by atoms with E-state index in [-0.39, 0.29) is 0 Å². The highest BCUT2D eigenvalue weighted by Crippen LogP contribution is 2.35. The third-order valence-corrected chi connectivity index (χ3v) is 3.70. The summed E-state index contributed by atoms with van der Waals surface area (Å²) in [6.07, 6.45) is -3.21.